The lowest BCUT2D eigenvalue weighted by atomic mass is 9.95. The van der Waals surface area contributed by atoms with Gasteiger partial charge in [0.05, 0.1) is 11.4 Å². The van der Waals surface area contributed by atoms with Crippen LogP contribution in [0.2, 0.25) is 0 Å². The first-order valence-electron chi connectivity index (χ1n) is 8.89. The molecule has 1 aliphatic rings. The van der Waals surface area contributed by atoms with Crippen LogP contribution in [-0.2, 0) is 12.8 Å². The van der Waals surface area contributed by atoms with Crippen molar-refractivity contribution in [1.29, 1.82) is 0 Å². The zero-order valence-electron chi connectivity index (χ0n) is 14.2. The SMILES string of the molecule is c1ccc(-c2cc(-c3nccc(-c4n[nH]c5c4CCCC5)n3)[nH]n2)cc1. The van der Waals surface area contributed by atoms with Crippen molar-refractivity contribution < 1.29 is 0 Å². The second-order valence-electron chi connectivity index (χ2n) is 6.53. The van der Waals surface area contributed by atoms with Crippen molar-refractivity contribution in [3.05, 3.63) is 59.9 Å². The zero-order chi connectivity index (χ0) is 17.3. The van der Waals surface area contributed by atoms with Crippen LogP contribution in [0, 0.1) is 0 Å². The highest BCUT2D eigenvalue weighted by molar-refractivity contribution is 5.67. The van der Waals surface area contributed by atoms with Gasteiger partial charge in [-0.25, -0.2) is 9.97 Å². The molecule has 0 fully saturated rings. The van der Waals surface area contributed by atoms with Gasteiger partial charge in [0.2, 0.25) is 0 Å². The molecule has 6 nitrogen and oxygen atoms in total. The summed E-state index contributed by atoms with van der Waals surface area (Å²) in [6, 6.07) is 14.0. The van der Waals surface area contributed by atoms with E-state index in [-0.39, 0.29) is 0 Å². The van der Waals surface area contributed by atoms with Crippen molar-refractivity contribution in [2.45, 2.75) is 25.7 Å². The summed E-state index contributed by atoms with van der Waals surface area (Å²) in [5, 5.41) is 15.1. The third-order valence-electron chi connectivity index (χ3n) is 4.84. The Bertz CT molecular complexity index is 1050. The Morgan fingerprint density at radius 1 is 0.846 bits per heavy atom. The molecule has 3 heterocycles. The van der Waals surface area contributed by atoms with E-state index in [1.165, 1.54) is 24.1 Å². The molecule has 0 saturated heterocycles. The highest BCUT2D eigenvalue weighted by Gasteiger charge is 2.19. The van der Waals surface area contributed by atoms with Crippen molar-refractivity contribution in [1.82, 2.24) is 30.4 Å². The van der Waals surface area contributed by atoms with Gasteiger partial charge in [-0.2, -0.15) is 10.2 Å². The van der Waals surface area contributed by atoms with Crippen LogP contribution in [0.25, 0.3) is 34.2 Å². The van der Waals surface area contributed by atoms with E-state index in [0.29, 0.717) is 5.82 Å². The number of benzene rings is 1. The molecule has 0 aliphatic heterocycles. The van der Waals surface area contributed by atoms with Crippen molar-refractivity contribution in [2.75, 3.05) is 0 Å². The molecule has 0 saturated carbocycles. The summed E-state index contributed by atoms with van der Waals surface area (Å²) in [5.41, 5.74) is 7.10. The fourth-order valence-corrected chi connectivity index (χ4v) is 3.51. The average molecular weight is 342 g/mol. The third-order valence-corrected chi connectivity index (χ3v) is 4.84. The Morgan fingerprint density at radius 3 is 2.65 bits per heavy atom. The molecular weight excluding hydrogens is 324 g/mol. The molecule has 4 aromatic rings. The van der Waals surface area contributed by atoms with E-state index in [9.17, 15) is 0 Å². The number of aromatic nitrogens is 6. The van der Waals surface area contributed by atoms with Gasteiger partial charge in [0.1, 0.15) is 11.4 Å². The van der Waals surface area contributed by atoms with E-state index >= 15 is 0 Å². The molecule has 0 bridgehead atoms. The molecule has 0 amide bonds. The van der Waals surface area contributed by atoms with Gasteiger partial charge < -0.3 is 0 Å². The van der Waals surface area contributed by atoms with Crippen LogP contribution in [0.15, 0.2) is 48.7 Å². The Balaban J connectivity index is 1.51. The number of fused-ring (bicyclic) bond motifs is 1. The molecule has 0 unspecified atom stereocenters. The molecule has 0 radical (unpaired) electrons. The van der Waals surface area contributed by atoms with Crippen LogP contribution in [0.1, 0.15) is 24.1 Å². The molecule has 1 aliphatic carbocycles. The smallest absolute Gasteiger partial charge is 0.178 e. The number of aromatic amines is 2. The maximum absolute atomic E-state index is 4.74. The molecule has 2 N–H and O–H groups in total. The third kappa shape index (κ3) is 2.60. The Hall–Kier alpha value is -3.28. The highest BCUT2D eigenvalue weighted by Crippen LogP contribution is 2.29. The summed E-state index contributed by atoms with van der Waals surface area (Å²) in [6.07, 6.45) is 6.34. The van der Waals surface area contributed by atoms with Gasteiger partial charge in [0.15, 0.2) is 5.82 Å². The number of aryl methyl sites for hydroxylation is 1. The predicted octanol–water partition coefficient (Wildman–Crippen LogP) is 3.80. The topological polar surface area (TPSA) is 83.1 Å². The van der Waals surface area contributed by atoms with Crippen LogP contribution in [0.4, 0.5) is 0 Å². The van der Waals surface area contributed by atoms with Crippen LogP contribution >= 0.6 is 0 Å². The summed E-state index contributed by atoms with van der Waals surface area (Å²) in [4.78, 5) is 9.15. The van der Waals surface area contributed by atoms with Crippen LogP contribution < -0.4 is 0 Å². The minimum atomic E-state index is 0.629. The number of rotatable bonds is 3. The zero-order valence-corrected chi connectivity index (χ0v) is 14.2. The van der Waals surface area contributed by atoms with E-state index in [4.69, 9.17) is 4.98 Å². The minimum Gasteiger partial charge on any atom is -0.282 e. The molecule has 26 heavy (non-hydrogen) atoms. The molecule has 0 atom stereocenters. The quantitative estimate of drug-likeness (QED) is 0.593. The van der Waals surface area contributed by atoms with Gasteiger partial charge in [-0.05, 0) is 37.8 Å². The maximum atomic E-state index is 4.74. The Labute approximate surface area is 150 Å². The van der Waals surface area contributed by atoms with Crippen LogP contribution in [-0.4, -0.2) is 30.4 Å². The summed E-state index contributed by atoms with van der Waals surface area (Å²) in [6.45, 7) is 0. The van der Waals surface area contributed by atoms with E-state index in [1.807, 2.05) is 42.5 Å². The highest BCUT2D eigenvalue weighted by atomic mass is 15.1. The number of hydrogen-bond acceptors (Lipinski definition) is 4. The second kappa shape index (κ2) is 6.22. The predicted molar refractivity (Wildman–Crippen MR) is 99.3 cm³/mol. The lowest BCUT2D eigenvalue weighted by Gasteiger charge is -2.10. The number of hydrogen-bond donors (Lipinski definition) is 2. The Morgan fingerprint density at radius 2 is 1.73 bits per heavy atom. The van der Waals surface area contributed by atoms with Gasteiger partial charge in [-0.1, -0.05) is 30.3 Å². The van der Waals surface area contributed by atoms with Crippen molar-refractivity contribution in [2.24, 2.45) is 0 Å². The van der Waals surface area contributed by atoms with Gasteiger partial charge in [-0.15, -0.1) is 0 Å². The van der Waals surface area contributed by atoms with Crippen molar-refractivity contribution >= 4 is 0 Å². The van der Waals surface area contributed by atoms with E-state index in [2.05, 4.69) is 25.4 Å². The molecule has 3 aromatic heterocycles. The van der Waals surface area contributed by atoms with E-state index < -0.39 is 0 Å². The lowest BCUT2D eigenvalue weighted by molar-refractivity contribution is 0.675. The monoisotopic (exact) mass is 342 g/mol. The Kier molecular flexibility index (Phi) is 3.59. The molecule has 6 heteroatoms. The summed E-state index contributed by atoms with van der Waals surface area (Å²) < 4.78 is 0. The van der Waals surface area contributed by atoms with Crippen LogP contribution in [0.5, 0.6) is 0 Å². The summed E-state index contributed by atoms with van der Waals surface area (Å²) in [7, 11) is 0. The van der Waals surface area contributed by atoms with Crippen molar-refractivity contribution in [3.63, 3.8) is 0 Å². The molecule has 128 valence electrons. The number of nitrogens with zero attached hydrogens (tertiary/aromatic N) is 4. The van der Waals surface area contributed by atoms with Gasteiger partial charge in [0.25, 0.3) is 0 Å². The lowest BCUT2D eigenvalue weighted by Crippen LogP contribution is -2.02. The van der Waals surface area contributed by atoms with Crippen LogP contribution in [0.3, 0.4) is 0 Å². The van der Waals surface area contributed by atoms with Crippen molar-refractivity contribution in [3.8, 4) is 34.2 Å². The summed E-state index contributed by atoms with van der Waals surface area (Å²) >= 11 is 0. The second-order valence-corrected chi connectivity index (χ2v) is 6.53. The standard InChI is InChI=1S/C20H18N6/c1-2-6-13(7-3-1)17-12-18(25-24-17)20-21-11-10-16(22-20)19-14-8-4-5-9-15(14)23-26-19/h1-3,6-7,10-12H,4-5,8-9H2,(H,23,26)(H,24,25). The van der Waals surface area contributed by atoms with E-state index in [0.717, 1.165) is 41.2 Å². The van der Waals surface area contributed by atoms with Gasteiger partial charge in [0, 0.05) is 23.0 Å². The number of nitrogens with one attached hydrogen (secondary N) is 2. The first-order chi connectivity index (χ1) is 12.9. The largest absolute Gasteiger partial charge is 0.282 e. The molecule has 5 rings (SSSR count). The number of H-pyrrole nitrogens is 2. The molecule has 1 aromatic carbocycles. The fourth-order valence-electron chi connectivity index (χ4n) is 3.51. The summed E-state index contributed by atoms with van der Waals surface area (Å²) in [5.74, 6) is 0.629. The first kappa shape index (κ1) is 15.0. The van der Waals surface area contributed by atoms with Gasteiger partial charge in [-0.3, -0.25) is 10.2 Å². The maximum Gasteiger partial charge on any atom is 0.178 e. The first-order valence-corrected chi connectivity index (χ1v) is 8.89. The minimum absolute atomic E-state index is 0.629. The van der Waals surface area contributed by atoms with Gasteiger partial charge >= 0.3 is 0 Å². The average Bonchev–Trinajstić information content (AvgIpc) is 3.36. The van der Waals surface area contributed by atoms with E-state index in [1.54, 1.807) is 6.20 Å². The molecule has 0 spiro atoms. The molecular formula is C20H18N6. The normalized spacial score (nSPS) is 13.5. The fraction of sp³-hybridized carbons (Fsp3) is 0.200.